The summed E-state index contributed by atoms with van der Waals surface area (Å²) < 4.78 is 1.77. The monoisotopic (exact) mass is 320 g/mol. The van der Waals surface area contributed by atoms with E-state index < -0.39 is 5.97 Å². The number of nitrogens with zero attached hydrogens (tertiary/aromatic N) is 1. The quantitative estimate of drug-likeness (QED) is 0.859. The number of hydrogen-bond acceptors (Lipinski definition) is 2. The van der Waals surface area contributed by atoms with E-state index in [1.165, 1.54) is 0 Å². The van der Waals surface area contributed by atoms with Crippen molar-refractivity contribution >= 4 is 23.5 Å². The van der Waals surface area contributed by atoms with Gasteiger partial charge in [0.25, 0.3) is 5.91 Å². The number of amides is 1. The molecule has 1 aromatic carbocycles. The molecule has 0 spiro atoms. The number of carbonyl (C=O) groups is 2. The maximum atomic E-state index is 12.1. The van der Waals surface area contributed by atoms with Crippen LogP contribution in [0.1, 0.15) is 33.3 Å². The Balaban J connectivity index is 1.99. The van der Waals surface area contributed by atoms with Gasteiger partial charge in [0, 0.05) is 19.3 Å². The molecule has 0 atom stereocenters. The summed E-state index contributed by atoms with van der Waals surface area (Å²) in [5.74, 6) is -1.19. The Morgan fingerprint density at radius 3 is 2.73 bits per heavy atom. The highest BCUT2D eigenvalue weighted by Gasteiger charge is 2.13. The van der Waals surface area contributed by atoms with Crippen LogP contribution < -0.4 is 5.32 Å². The maximum Gasteiger partial charge on any atom is 0.335 e. The summed E-state index contributed by atoms with van der Waals surface area (Å²) in [6, 6.07) is 8.39. The molecule has 0 fully saturated rings. The highest BCUT2D eigenvalue weighted by atomic mass is 35.5. The lowest BCUT2D eigenvalue weighted by Gasteiger charge is -2.09. The minimum Gasteiger partial charge on any atom is -0.478 e. The minimum atomic E-state index is -0.964. The molecular formula is C16H17ClN2O3. The molecule has 0 aliphatic rings. The molecule has 116 valence electrons. The third-order valence-electron chi connectivity index (χ3n) is 3.36. The zero-order chi connectivity index (χ0) is 16.1. The lowest BCUT2D eigenvalue weighted by molar-refractivity contribution is 0.0695. The van der Waals surface area contributed by atoms with Crippen LogP contribution in [-0.4, -0.2) is 28.1 Å². The molecule has 0 aliphatic heterocycles. The minimum absolute atomic E-state index is 0.221. The number of aromatic carboxylic acids is 1. The Kier molecular flexibility index (Phi) is 5.22. The van der Waals surface area contributed by atoms with Crippen LogP contribution in [0.4, 0.5) is 0 Å². The molecule has 5 nitrogen and oxygen atoms in total. The van der Waals surface area contributed by atoms with Crippen LogP contribution >= 0.6 is 11.6 Å². The molecule has 22 heavy (non-hydrogen) atoms. The summed E-state index contributed by atoms with van der Waals surface area (Å²) in [7, 11) is 0. The Morgan fingerprint density at radius 2 is 2.05 bits per heavy atom. The van der Waals surface area contributed by atoms with Crippen molar-refractivity contribution < 1.29 is 14.7 Å². The largest absolute Gasteiger partial charge is 0.478 e. The van der Waals surface area contributed by atoms with E-state index in [9.17, 15) is 9.59 Å². The number of carboxylic acids is 1. The van der Waals surface area contributed by atoms with Gasteiger partial charge in [-0.3, -0.25) is 4.79 Å². The Morgan fingerprint density at radius 1 is 1.32 bits per heavy atom. The number of nitrogens with one attached hydrogen (secondary N) is 1. The average molecular weight is 321 g/mol. The van der Waals surface area contributed by atoms with Gasteiger partial charge in [-0.25, -0.2) is 4.79 Å². The second-order valence-corrected chi connectivity index (χ2v) is 5.23. The van der Waals surface area contributed by atoms with E-state index in [1.54, 1.807) is 41.1 Å². The first-order chi connectivity index (χ1) is 10.5. The zero-order valence-corrected chi connectivity index (χ0v) is 12.9. The van der Waals surface area contributed by atoms with E-state index in [-0.39, 0.29) is 11.5 Å². The van der Waals surface area contributed by atoms with Crippen molar-refractivity contribution in [2.75, 3.05) is 6.54 Å². The van der Waals surface area contributed by atoms with Gasteiger partial charge in [-0.15, -0.1) is 0 Å². The first-order valence-electron chi connectivity index (χ1n) is 6.98. The second kappa shape index (κ2) is 7.13. The summed E-state index contributed by atoms with van der Waals surface area (Å²) in [6.07, 6.45) is 2.16. The Hall–Kier alpha value is -2.27. The molecule has 2 rings (SSSR count). The molecule has 0 aliphatic carbocycles. The van der Waals surface area contributed by atoms with Crippen LogP contribution in [0.2, 0.25) is 5.02 Å². The molecule has 0 bridgehead atoms. The molecule has 1 aromatic heterocycles. The van der Waals surface area contributed by atoms with Gasteiger partial charge >= 0.3 is 5.97 Å². The summed E-state index contributed by atoms with van der Waals surface area (Å²) in [5, 5.41) is 12.4. The maximum absolute atomic E-state index is 12.1. The van der Waals surface area contributed by atoms with E-state index in [0.29, 0.717) is 35.8 Å². The van der Waals surface area contributed by atoms with Crippen LogP contribution in [0.3, 0.4) is 0 Å². The van der Waals surface area contributed by atoms with Crippen LogP contribution in [0.25, 0.3) is 0 Å². The van der Waals surface area contributed by atoms with Crippen molar-refractivity contribution in [2.45, 2.75) is 19.9 Å². The fourth-order valence-electron chi connectivity index (χ4n) is 2.28. The van der Waals surface area contributed by atoms with Gasteiger partial charge in [-0.2, -0.15) is 0 Å². The van der Waals surface area contributed by atoms with Gasteiger partial charge < -0.3 is 15.0 Å². The van der Waals surface area contributed by atoms with Gasteiger partial charge in [-0.05, 0) is 31.0 Å². The number of benzene rings is 1. The van der Waals surface area contributed by atoms with Gasteiger partial charge in [0.15, 0.2) is 0 Å². The summed E-state index contributed by atoms with van der Waals surface area (Å²) >= 11 is 5.91. The van der Waals surface area contributed by atoms with E-state index in [4.69, 9.17) is 16.7 Å². The molecule has 0 radical (unpaired) electrons. The van der Waals surface area contributed by atoms with Crippen molar-refractivity contribution in [2.24, 2.45) is 0 Å². The highest BCUT2D eigenvalue weighted by Crippen LogP contribution is 2.14. The number of hydrogen-bond donors (Lipinski definition) is 2. The van der Waals surface area contributed by atoms with E-state index in [0.717, 1.165) is 0 Å². The second-order valence-electron chi connectivity index (χ2n) is 4.80. The fraction of sp³-hybridized carbons (Fsp3) is 0.250. The third-order valence-corrected chi connectivity index (χ3v) is 3.57. The van der Waals surface area contributed by atoms with Gasteiger partial charge in [0.1, 0.15) is 5.69 Å². The Bertz CT molecular complexity index is 694. The van der Waals surface area contributed by atoms with Crippen molar-refractivity contribution in [1.82, 2.24) is 9.88 Å². The Labute approximate surface area is 133 Å². The zero-order valence-electron chi connectivity index (χ0n) is 12.2. The van der Waals surface area contributed by atoms with E-state index in [1.807, 2.05) is 6.92 Å². The smallest absolute Gasteiger partial charge is 0.335 e. The van der Waals surface area contributed by atoms with Crippen molar-refractivity contribution in [3.63, 3.8) is 0 Å². The predicted octanol–water partition coefficient (Wildman–Crippen LogP) is 2.83. The van der Waals surface area contributed by atoms with Crippen LogP contribution in [0, 0.1) is 0 Å². The molecule has 0 unspecified atom stereocenters. The molecule has 0 saturated heterocycles. The molecule has 2 N–H and O–H groups in total. The standard InChI is InChI=1S/C16H17ClN2O3/c1-2-19-10-12(17)9-14(19)15(20)18-8-7-11-5-3-4-6-13(11)16(21)22/h3-6,9-10H,2,7-8H2,1H3,(H,18,20)(H,21,22). The SMILES string of the molecule is CCn1cc(Cl)cc1C(=O)NCCc1ccccc1C(=O)O. The predicted molar refractivity (Wildman–Crippen MR) is 84.6 cm³/mol. The number of aromatic nitrogens is 1. The van der Waals surface area contributed by atoms with E-state index >= 15 is 0 Å². The highest BCUT2D eigenvalue weighted by molar-refractivity contribution is 6.31. The number of carbonyl (C=O) groups excluding carboxylic acids is 1. The molecule has 6 heteroatoms. The average Bonchev–Trinajstić information content (AvgIpc) is 2.88. The van der Waals surface area contributed by atoms with Gasteiger partial charge in [0.2, 0.25) is 0 Å². The summed E-state index contributed by atoms with van der Waals surface area (Å²) in [6.45, 7) is 2.93. The van der Waals surface area contributed by atoms with Crippen LogP contribution in [0.15, 0.2) is 36.5 Å². The molecule has 1 heterocycles. The number of aryl methyl sites for hydroxylation is 1. The molecular weight excluding hydrogens is 304 g/mol. The summed E-state index contributed by atoms with van der Waals surface area (Å²) in [4.78, 5) is 23.3. The first-order valence-corrected chi connectivity index (χ1v) is 7.35. The van der Waals surface area contributed by atoms with Crippen LogP contribution in [0.5, 0.6) is 0 Å². The van der Waals surface area contributed by atoms with Crippen molar-refractivity contribution in [3.8, 4) is 0 Å². The topological polar surface area (TPSA) is 71.3 Å². The third kappa shape index (κ3) is 3.68. The lowest BCUT2D eigenvalue weighted by Crippen LogP contribution is -2.28. The molecule has 2 aromatic rings. The molecule has 1 amide bonds. The summed E-state index contributed by atoms with van der Waals surface area (Å²) in [5.41, 5.74) is 1.45. The van der Waals surface area contributed by atoms with Crippen LogP contribution in [-0.2, 0) is 13.0 Å². The lowest BCUT2D eigenvalue weighted by atomic mass is 10.0. The molecule has 0 saturated carbocycles. The van der Waals surface area contributed by atoms with Gasteiger partial charge in [-0.1, -0.05) is 29.8 Å². The number of rotatable bonds is 6. The first kappa shape index (κ1) is 16.1. The normalized spacial score (nSPS) is 10.5. The van der Waals surface area contributed by atoms with Crippen molar-refractivity contribution in [1.29, 1.82) is 0 Å². The van der Waals surface area contributed by atoms with E-state index in [2.05, 4.69) is 5.32 Å². The number of halogens is 1. The van der Waals surface area contributed by atoms with Gasteiger partial charge in [0.05, 0.1) is 10.6 Å². The van der Waals surface area contributed by atoms with Crippen molar-refractivity contribution in [3.05, 3.63) is 58.4 Å². The fourth-order valence-corrected chi connectivity index (χ4v) is 2.50. The number of carboxylic acid groups (broad SMARTS) is 1.